The molecule has 5 atom stereocenters. The van der Waals surface area contributed by atoms with E-state index in [0.717, 1.165) is 38.5 Å². The van der Waals surface area contributed by atoms with Crippen molar-refractivity contribution >= 4 is 17.7 Å². The molecule has 3 amide bonds. The van der Waals surface area contributed by atoms with Crippen LogP contribution in [0.4, 0.5) is 0 Å². The zero-order valence-electron chi connectivity index (χ0n) is 19.1. The number of likely N-dealkylation sites (tertiary alicyclic amines) is 1. The fourth-order valence-corrected chi connectivity index (χ4v) is 6.29. The Labute approximate surface area is 184 Å². The van der Waals surface area contributed by atoms with Crippen LogP contribution in [0.5, 0.6) is 0 Å². The highest BCUT2D eigenvalue weighted by Gasteiger charge is 2.77. The van der Waals surface area contributed by atoms with Crippen LogP contribution in [0, 0.1) is 11.8 Å². The maximum atomic E-state index is 13.7. The Kier molecular flexibility index (Phi) is 4.60. The molecule has 2 saturated heterocycles. The van der Waals surface area contributed by atoms with E-state index < -0.39 is 34.6 Å². The van der Waals surface area contributed by atoms with Gasteiger partial charge < -0.3 is 20.3 Å². The lowest BCUT2D eigenvalue weighted by Gasteiger charge is -2.35. The minimum Gasteiger partial charge on any atom is -0.356 e. The van der Waals surface area contributed by atoms with Gasteiger partial charge in [-0.1, -0.05) is 31.4 Å². The second kappa shape index (κ2) is 6.80. The molecule has 3 aliphatic heterocycles. The van der Waals surface area contributed by atoms with Crippen LogP contribution in [-0.2, 0) is 19.1 Å². The average Bonchev–Trinajstić information content (AvgIpc) is 3.34. The van der Waals surface area contributed by atoms with Crippen LogP contribution in [-0.4, -0.2) is 57.5 Å². The first-order chi connectivity index (χ1) is 14.6. The minimum atomic E-state index is -1.07. The van der Waals surface area contributed by atoms with E-state index in [4.69, 9.17) is 4.74 Å². The van der Waals surface area contributed by atoms with Crippen molar-refractivity contribution in [2.45, 2.75) is 108 Å². The van der Waals surface area contributed by atoms with Crippen molar-refractivity contribution in [1.29, 1.82) is 0 Å². The van der Waals surface area contributed by atoms with Gasteiger partial charge in [-0.25, -0.2) is 0 Å². The molecule has 7 heteroatoms. The number of amides is 3. The molecule has 7 nitrogen and oxygen atoms in total. The van der Waals surface area contributed by atoms with Crippen LogP contribution >= 0.6 is 0 Å². The lowest BCUT2D eigenvalue weighted by Crippen LogP contribution is -2.58. The zero-order valence-corrected chi connectivity index (χ0v) is 19.1. The molecule has 1 spiro atoms. The Morgan fingerprint density at radius 2 is 1.74 bits per heavy atom. The molecule has 3 heterocycles. The van der Waals surface area contributed by atoms with E-state index in [2.05, 4.69) is 10.6 Å². The van der Waals surface area contributed by atoms with Crippen molar-refractivity contribution in [1.82, 2.24) is 15.5 Å². The van der Waals surface area contributed by atoms with Crippen molar-refractivity contribution in [2.24, 2.45) is 11.8 Å². The molecule has 4 fully saturated rings. The molecular weight excluding hydrogens is 394 g/mol. The van der Waals surface area contributed by atoms with Gasteiger partial charge >= 0.3 is 0 Å². The number of hydrogen-bond acceptors (Lipinski definition) is 4. The fourth-order valence-electron chi connectivity index (χ4n) is 6.29. The van der Waals surface area contributed by atoms with E-state index in [0.29, 0.717) is 0 Å². The number of ether oxygens (including phenoxy) is 1. The number of hydrogen-bond donors (Lipinski definition) is 2. The molecule has 31 heavy (non-hydrogen) atoms. The van der Waals surface area contributed by atoms with Gasteiger partial charge in [0.25, 0.3) is 0 Å². The summed E-state index contributed by atoms with van der Waals surface area (Å²) in [5.74, 6) is -1.67. The van der Waals surface area contributed by atoms with Crippen LogP contribution in [0.15, 0.2) is 12.2 Å². The predicted molar refractivity (Wildman–Crippen MR) is 115 cm³/mol. The third-order valence-electron chi connectivity index (χ3n) is 7.66. The van der Waals surface area contributed by atoms with Gasteiger partial charge in [-0.15, -0.1) is 0 Å². The van der Waals surface area contributed by atoms with Crippen LogP contribution in [0.1, 0.15) is 72.6 Å². The predicted octanol–water partition coefficient (Wildman–Crippen LogP) is 2.05. The molecule has 2 saturated carbocycles. The highest BCUT2D eigenvalue weighted by molar-refractivity contribution is 6.00. The molecular formula is C24H35N3O4. The lowest BCUT2D eigenvalue weighted by atomic mass is 9.70. The Balaban J connectivity index is 1.48. The van der Waals surface area contributed by atoms with Crippen molar-refractivity contribution in [3.63, 3.8) is 0 Å². The van der Waals surface area contributed by atoms with Gasteiger partial charge in [0.05, 0.1) is 17.4 Å². The van der Waals surface area contributed by atoms with E-state index in [1.807, 2.05) is 39.8 Å². The minimum absolute atomic E-state index is 0.0640. The van der Waals surface area contributed by atoms with Gasteiger partial charge in [-0.3, -0.25) is 14.4 Å². The maximum Gasteiger partial charge on any atom is 0.246 e. The smallest absolute Gasteiger partial charge is 0.246 e. The van der Waals surface area contributed by atoms with E-state index in [9.17, 15) is 14.4 Å². The summed E-state index contributed by atoms with van der Waals surface area (Å²) < 4.78 is 6.53. The van der Waals surface area contributed by atoms with Gasteiger partial charge in [0.1, 0.15) is 11.6 Å². The highest BCUT2D eigenvalue weighted by atomic mass is 16.5. The zero-order chi connectivity index (χ0) is 22.2. The summed E-state index contributed by atoms with van der Waals surface area (Å²) in [5.41, 5.74) is -2.36. The summed E-state index contributed by atoms with van der Waals surface area (Å²) in [6, 6.07) is -0.503. The van der Waals surface area contributed by atoms with Crippen molar-refractivity contribution < 1.29 is 19.1 Å². The third-order valence-corrected chi connectivity index (χ3v) is 7.66. The Bertz CT molecular complexity index is 838. The average molecular weight is 430 g/mol. The third kappa shape index (κ3) is 3.22. The molecule has 0 unspecified atom stereocenters. The van der Waals surface area contributed by atoms with E-state index >= 15 is 0 Å². The first-order valence-electron chi connectivity index (χ1n) is 11.9. The van der Waals surface area contributed by atoms with Gasteiger partial charge in [0, 0.05) is 17.6 Å². The van der Waals surface area contributed by atoms with Gasteiger partial charge in [-0.2, -0.15) is 0 Å². The summed E-state index contributed by atoms with van der Waals surface area (Å²) in [5, 5.41) is 6.28. The number of nitrogens with one attached hydrogen (secondary N) is 2. The largest absolute Gasteiger partial charge is 0.356 e. The van der Waals surface area contributed by atoms with Crippen LogP contribution < -0.4 is 10.6 Å². The van der Waals surface area contributed by atoms with Crippen LogP contribution in [0.3, 0.4) is 0 Å². The summed E-state index contributed by atoms with van der Waals surface area (Å²) in [6.45, 7) is 7.68. The SMILES string of the molecule is CC(C)(C)NC(=O)[C@@H]1N(C2CC2)C(=O)[C@H]2[C@H](C(=O)NC3CCCCC3)[C@@]3(C)C=C[C@@]12O3. The molecule has 5 rings (SSSR count). The highest BCUT2D eigenvalue weighted by Crippen LogP contribution is 2.61. The van der Waals surface area contributed by atoms with Gasteiger partial charge in [-0.05, 0) is 53.4 Å². The fraction of sp³-hybridized carbons (Fsp3) is 0.792. The summed E-state index contributed by atoms with van der Waals surface area (Å²) in [7, 11) is 0. The van der Waals surface area contributed by atoms with Crippen molar-refractivity contribution in [3.8, 4) is 0 Å². The van der Waals surface area contributed by atoms with E-state index in [1.54, 1.807) is 4.90 Å². The molecule has 2 bridgehead atoms. The van der Waals surface area contributed by atoms with E-state index in [-0.39, 0.29) is 29.8 Å². The van der Waals surface area contributed by atoms with Gasteiger partial charge in [0.2, 0.25) is 17.7 Å². The van der Waals surface area contributed by atoms with Crippen molar-refractivity contribution in [2.75, 3.05) is 0 Å². The summed E-state index contributed by atoms with van der Waals surface area (Å²) >= 11 is 0. The first-order valence-corrected chi connectivity index (χ1v) is 11.9. The quantitative estimate of drug-likeness (QED) is 0.670. The van der Waals surface area contributed by atoms with Gasteiger partial charge in [0.15, 0.2) is 0 Å². The standard InChI is InChI=1S/C24H35N3O4/c1-22(2,3)26-20(29)18-24-13-12-23(4,31-24)16(17(24)21(30)27(18)15-10-11-15)19(28)25-14-8-6-5-7-9-14/h12-18H,5-11H2,1-4H3,(H,25,28)(H,26,29)/t16-,17-,18+,23-,24+/m1/s1. The number of nitrogens with zero attached hydrogens (tertiary/aromatic N) is 1. The lowest BCUT2D eigenvalue weighted by molar-refractivity contribution is -0.146. The number of fused-ring (bicyclic) bond motifs is 1. The summed E-state index contributed by atoms with van der Waals surface area (Å²) in [6.07, 6.45) is 11.0. The molecule has 2 aliphatic carbocycles. The molecule has 0 aromatic carbocycles. The maximum absolute atomic E-state index is 13.7. The van der Waals surface area contributed by atoms with Crippen LogP contribution in [0.2, 0.25) is 0 Å². The molecule has 0 radical (unpaired) electrons. The first kappa shape index (κ1) is 21.0. The molecule has 2 N–H and O–H groups in total. The normalized spacial score (nSPS) is 39.7. The van der Waals surface area contributed by atoms with E-state index in [1.165, 1.54) is 6.42 Å². The molecule has 5 aliphatic rings. The topological polar surface area (TPSA) is 87.7 Å². The van der Waals surface area contributed by atoms with Crippen molar-refractivity contribution in [3.05, 3.63) is 12.2 Å². The number of rotatable bonds is 4. The Morgan fingerprint density at radius 3 is 2.35 bits per heavy atom. The monoisotopic (exact) mass is 429 g/mol. The molecule has 0 aromatic rings. The second-order valence-electron chi connectivity index (χ2n) is 11.4. The molecule has 170 valence electrons. The summed E-state index contributed by atoms with van der Waals surface area (Å²) in [4.78, 5) is 42.4. The number of carbonyl (C=O) groups is 3. The Hall–Kier alpha value is -1.89. The van der Waals surface area contributed by atoms with Crippen LogP contribution in [0.25, 0.3) is 0 Å². The number of carbonyl (C=O) groups excluding carboxylic acids is 3. The Morgan fingerprint density at radius 1 is 1.06 bits per heavy atom. The molecule has 0 aromatic heterocycles. The second-order valence-corrected chi connectivity index (χ2v) is 11.4.